The molecule has 1 fully saturated rings. The maximum Gasteiger partial charge on any atom is 0.0713 e. The normalized spacial score (nSPS) is 17.0. The van der Waals surface area contributed by atoms with Gasteiger partial charge in [0, 0.05) is 20.2 Å². The van der Waals surface area contributed by atoms with Gasteiger partial charge in [0.1, 0.15) is 0 Å². The second-order valence-corrected chi connectivity index (χ2v) is 5.64. The van der Waals surface area contributed by atoms with E-state index in [0.717, 1.165) is 12.5 Å². The van der Waals surface area contributed by atoms with Gasteiger partial charge in [-0.15, -0.1) is 0 Å². The lowest BCUT2D eigenvalue weighted by Gasteiger charge is -2.27. The van der Waals surface area contributed by atoms with Crippen LogP contribution in [-0.2, 0) is 17.9 Å². The van der Waals surface area contributed by atoms with Crippen molar-refractivity contribution < 1.29 is 4.74 Å². The van der Waals surface area contributed by atoms with Crippen molar-refractivity contribution in [1.82, 2.24) is 10.2 Å². The molecule has 3 heteroatoms. The van der Waals surface area contributed by atoms with E-state index in [-0.39, 0.29) is 0 Å². The molecule has 1 aliphatic rings. The number of ether oxygens (including phenoxy) is 1. The molecule has 0 spiro atoms. The summed E-state index contributed by atoms with van der Waals surface area (Å²) in [5.74, 6) is 0.860. The van der Waals surface area contributed by atoms with E-state index in [1.165, 1.54) is 43.6 Å². The first-order valence-corrected chi connectivity index (χ1v) is 7.24. The highest BCUT2D eigenvalue weighted by atomic mass is 16.5. The number of methoxy groups -OCH3 is 1. The predicted octanol–water partition coefficient (Wildman–Crippen LogP) is 2.26. The summed E-state index contributed by atoms with van der Waals surface area (Å²) in [6.07, 6.45) is 2.63. The molecule has 0 saturated carbocycles. The van der Waals surface area contributed by atoms with E-state index in [9.17, 15) is 0 Å². The molecule has 1 heterocycles. The summed E-state index contributed by atoms with van der Waals surface area (Å²) in [6, 6.07) is 8.76. The van der Waals surface area contributed by atoms with E-state index in [1.807, 2.05) is 0 Å². The van der Waals surface area contributed by atoms with E-state index in [0.29, 0.717) is 6.61 Å². The van der Waals surface area contributed by atoms with Crippen LogP contribution in [0, 0.1) is 5.92 Å². The molecular weight excluding hydrogens is 236 g/mol. The van der Waals surface area contributed by atoms with Crippen LogP contribution in [0.3, 0.4) is 0 Å². The van der Waals surface area contributed by atoms with E-state index in [1.54, 1.807) is 7.11 Å². The topological polar surface area (TPSA) is 24.5 Å². The first kappa shape index (κ1) is 14.5. The number of hydrogen-bond donors (Lipinski definition) is 1. The quantitative estimate of drug-likeness (QED) is 0.851. The van der Waals surface area contributed by atoms with Gasteiger partial charge >= 0.3 is 0 Å². The van der Waals surface area contributed by atoms with Gasteiger partial charge in [0.2, 0.25) is 0 Å². The van der Waals surface area contributed by atoms with Gasteiger partial charge < -0.3 is 15.0 Å². The first-order valence-electron chi connectivity index (χ1n) is 7.24. The predicted molar refractivity (Wildman–Crippen MR) is 79.1 cm³/mol. The maximum absolute atomic E-state index is 5.13. The van der Waals surface area contributed by atoms with Crippen LogP contribution in [0.4, 0.5) is 0 Å². The molecule has 1 saturated heterocycles. The molecule has 1 aliphatic heterocycles. The Bertz CT molecular complexity index is 358. The van der Waals surface area contributed by atoms with Gasteiger partial charge in [0.25, 0.3) is 0 Å². The van der Waals surface area contributed by atoms with E-state index >= 15 is 0 Å². The lowest BCUT2D eigenvalue weighted by molar-refractivity contribution is 0.185. The third-order valence-corrected chi connectivity index (χ3v) is 3.82. The van der Waals surface area contributed by atoms with Gasteiger partial charge in [0.15, 0.2) is 0 Å². The summed E-state index contributed by atoms with van der Waals surface area (Å²) in [6.45, 7) is 5.32. The number of hydrogen-bond acceptors (Lipinski definition) is 3. The van der Waals surface area contributed by atoms with Crippen molar-refractivity contribution >= 4 is 0 Å². The third kappa shape index (κ3) is 4.94. The zero-order valence-electron chi connectivity index (χ0n) is 12.2. The maximum atomic E-state index is 5.13. The molecule has 0 atom stereocenters. The summed E-state index contributed by atoms with van der Waals surface area (Å²) in [5, 5.41) is 3.43. The third-order valence-electron chi connectivity index (χ3n) is 3.82. The molecule has 1 aromatic carbocycles. The van der Waals surface area contributed by atoms with Crippen molar-refractivity contribution in [2.24, 2.45) is 5.92 Å². The highest BCUT2D eigenvalue weighted by Crippen LogP contribution is 2.14. The van der Waals surface area contributed by atoms with Crippen LogP contribution in [0.25, 0.3) is 0 Å². The Labute approximate surface area is 116 Å². The van der Waals surface area contributed by atoms with Crippen LogP contribution in [0.1, 0.15) is 24.0 Å². The van der Waals surface area contributed by atoms with Crippen molar-refractivity contribution in [3.05, 3.63) is 35.4 Å². The van der Waals surface area contributed by atoms with Crippen molar-refractivity contribution in [3.63, 3.8) is 0 Å². The smallest absolute Gasteiger partial charge is 0.0713 e. The number of nitrogens with zero attached hydrogens (tertiary/aromatic N) is 1. The van der Waals surface area contributed by atoms with Crippen LogP contribution in [0.5, 0.6) is 0 Å². The molecule has 0 aliphatic carbocycles. The van der Waals surface area contributed by atoms with Crippen molar-refractivity contribution in [1.29, 1.82) is 0 Å². The Balaban J connectivity index is 1.78. The Kier molecular flexibility index (Phi) is 5.83. The second-order valence-electron chi connectivity index (χ2n) is 5.64. The van der Waals surface area contributed by atoms with Crippen LogP contribution in [0.2, 0.25) is 0 Å². The fourth-order valence-corrected chi connectivity index (χ4v) is 2.79. The highest BCUT2D eigenvalue weighted by Gasteiger charge is 2.14. The van der Waals surface area contributed by atoms with E-state index in [2.05, 4.69) is 41.5 Å². The Morgan fingerprint density at radius 3 is 2.42 bits per heavy atom. The molecule has 0 aromatic heterocycles. The molecule has 3 nitrogen and oxygen atoms in total. The number of rotatable bonds is 6. The minimum Gasteiger partial charge on any atom is -0.380 e. The van der Waals surface area contributed by atoms with Crippen LogP contribution in [0.15, 0.2) is 24.3 Å². The minimum atomic E-state index is 0.700. The molecule has 0 radical (unpaired) electrons. The lowest BCUT2D eigenvalue weighted by atomic mass is 9.97. The fraction of sp³-hybridized carbons (Fsp3) is 0.625. The lowest BCUT2D eigenvalue weighted by Crippen LogP contribution is -2.34. The molecule has 1 N–H and O–H groups in total. The fourth-order valence-electron chi connectivity index (χ4n) is 2.79. The number of piperidine rings is 1. The molecule has 0 unspecified atom stereocenters. The first-order chi connectivity index (χ1) is 9.28. The summed E-state index contributed by atoms with van der Waals surface area (Å²) in [7, 11) is 3.96. The summed E-state index contributed by atoms with van der Waals surface area (Å²) in [4.78, 5) is 2.45. The van der Waals surface area contributed by atoms with Crippen LogP contribution in [-0.4, -0.2) is 38.7 Å². The zero-order valence-corrected chi connectivity index (χ0v) is 12.2. The number of nitrogens with one attached hydrogen (secondary N) is 1. The summed E-state index contributed by atoms with van der Waals surface area (Å²) < 4.78 is 5.13. The van der Waals surface area contributed by atoms with E-state index in [4.69, 9.17) is 4.74 Å². The summed E-state index contributed by atoms with van der Waals surface area (Å²) >= 11 is 0. The second kappa shape index (κ2) is 7.63. The standard InChI is InChI=1S/C16H26N2O/c1-18(12-15-7-9-17-10-8-15)11-14-3-5-16(6-4-14)13-19-2/h3-6,15,17H,7-13H2,1-2H3. The van der Waals surface area contributed by atoms with Crippen LogP contribution < -0.4 is 5.32 Å². The molecule has 19 heavy (non-hydrogen) atoms. The largest absolute Gasteiger partial charge is 0.380 e. The molecule has 2 rings (SSSR count). The van der Waals surface area contributed by atoms with Gasteiger partial charge in [-0.05, 0) is 50.0 Å². The van der Waals surface area contributed by atoms with Gasteiger partial charge in [-0.25, -0.2) is 0 Å². The monoisotopic (exact) mass is 262 g/mol. The minimum absolute atomic E-state index is 0.700. The van der Waals surface area contributed by atoms with Crippen LogP contribution >= 0.6 is 0 Å². The van der Waals surface area contributed by atoms with E-state index < -0.39 is 0 Å². The highest BCUT2D eigenvalue weighted by molar-refractivity contribution is 5.21. The molecule has 0 amide bonds. The van der Waals surface area contributed by atoms with Crippen molar-refractivity contribution in [3.8, 4) is 0 Å². The molecule has 1 aromatic rings. The Hall–Kier alpha value is -0.900. The average molecular weight is 262 g/mol. The Morgan fingerprint density at radius 1 is 1.16 bits per heavy atom. The molecule has 0 bridgehead atoms. The van der Waals surface area contributed by atoms with Crippen molar-refractivity contribution in [2.75, 3.05) is 33.8 Å². The molecule has 106 valence electrons. The zero-order chi connectivity index (χ0) is 13.5. The molecular formula is C16H26N2O. The van der Waals surface area contributed by atoms with Crippen molar-refractivity contribution in [2.45, 2.75) is 26.0 Å². The Morgan fingerprint density at radius 2 is 1.79 bits per heavy atom. The SMILES string of the molecule is COCc1ccc(CN(C)CC2CCNCC2)cc1. The number of benzene rings is 1. The van der Waals surface area contributed by atoms with Gasteiger partial charge in [0.05, 0.1) is 6.61 Å². The summed E-state index contributed by atoms with van der Waals surface area (Å²) in [5.41, 5.74) is 2.63. The average Bonchev–Trinajstić information content (AvgIpc) is 2.42. The van der Waals surface area contributed by atoms with Gasteiger partial charge in [-0.3, -0.25) is 0 Å². The van der Waals surface area contributed by atoms with Gasteiger partial charge in [-0.2, -0.15) is 0 Å². The van der Waals surface area contributed by atoms with Gasteiger partial charge in [-0.1, -0.05) is 24.3 Å².